The minimum absolute atomic E-state index is 0.161. The molecule has 0 spiro atoms. The first-order chi connectivity index (χ1) is 12.0. The lowest BCUT2D eigenvalue weighted by molar-refractivity contribution is -0.123. The van der Waals surface area contributed by atoms with Crippen molar-refractivity contribution < 1.29 is 23.8 Å². The predicted octanol–water partition coefficient (Wildman–Crippen LogP) is 2.60. The monoisotopic (exact) mass is 343 g/mol. The number of carbonyl (C=O) groups is 2. The standard InChI is InChI=1S/C19H21NO5/c1-13(21)17-10-16(24-3)7-8-18(17)25-12-19(22)20-11-14-5-4-6-15(9-14)23-2/h4-10H,11-12H2,1-3H3,(H,20,22). The fourth-order valence-corrected chi connectivity index (χ4v) is 2.21. The van der Waals surface area contributed by atoms with E-state index in [9.17, 15) is 9.59 Å². The Morgan fingerprint density at radius 2 is 1.72 bits per heavy atom. The number of amides is 1. The van der Waals surface area contributed by atoms with E-state index in [4.69, 9.17) is 14.2 Å². The third-order valence-electron chi connectivity index (χ3n) is 3.55. The number of ketones is 1. The summed E-state index contributed by atoms with van der Waals surface area (Å²) in [7, 11) is 3.11. The summed E-state index contributed by atoms with van der Waals surface area (Å²) in [5, 5.41) is 2.76. The van der Waals surface area contributed by atoms with Crippen LogP contribution >= 0.6 is 0 Å². The molecule has 0 atom stereocenters. The van der Waals surface area contributed by atoms with Crippen molar-refractivity contribution >= 4 is 11.7 Å². The topological polar surface area (TPSA) is 73.9 Å². The van der Waals surface area contributed by atoms with E-state index in [0.717, 1.165) is 11.3 Å². The molecule has 25 heavy (non-hydrogen) atoms. The van der Waals surface area contributed by atoms with Crippen molar-refractivity contribution in [2.45, 2.75) is 13.5 Å². The van der Waals surface area contributed by atoms with Gasteiger partial charge in [-0.1, -0.05) is 12.1 Å². The lowest BCUT2D eigenvalue weighted by Crippen LogP contribution is -2.28. The molecule has 132 valence electrons. The van der Waals surface area contributed by atoms with Gasteiger partial charge in [-0.05, 0) is 42.8 Å². The van der Waals surface area contributed by atoms with Crippen LogP contribution in [-0.2, 0) is 11.3 Å². The van der Waals surface area contributed by atoms with Crippen LogP contribution in [0, 0.1) is 0 Å². The van der Waals surface area contributed by atoms with Crippen molar-refractivity contribution in [2.24, 2.45) is 0 Å². The Hall–Kier alpha value is -3.02. The van der Waals surface area contributed by atoms with Gasteiger partial charge in [-0.25, -0.2) is 0 Å². The molecule has 6 nitrogen and oxygen atoms in total. The number of ether oxygens (including phenoxy) is 3. The second-order valence-electron chi connectivity index (χ2n) is 5.34. The number of nitrogens with one attached hydrogen (secondary N) is 1. The minimum atomic E-state index is -0.284. The number of carbonyl (C=O) groups excluding carboxylic acids is 2. The SMILES string of the molecule is COc1cccc(CNC(=O)COc2ccc(OC)cc2C(C)=O)c1. The third kappa shape index (κ3) is 5.24. The van der Waals surface area contributed by atoms with Gasteiger partial charge in [0.25, 0.3) is 5.91 Å². The molecule has 0 fully saturated rings. The average Bonchev–Trinajstić information content (AvgIpc) is 2.64. The summed E-state index contributed by atoms with van der Waals surface area (Å²) in [6.07, 6.45) is 0. The van der Waals surface area contributed by atoms with E-state index in [1.807, 2.05) is 24.3 Å². The highest BCUT2D eigenvalue weighted by Gasteiger charge is 2.12. The van der Waals surface area contributed by atoms with Crippen LogP contribution in [0.5, 0.6) is 17.2 Å². The summed E-state index contributed by atoms with van der Waals surface area (Å²) in [4.78, 5) is 23.7. The normalized spacial score (nSPS) is 10.0. The molecule has 1 N–H and O–H groups in total. The summed E-state index contributed by atoms with van der Waals surface area (Å²) in [6, 6.07) is 12.3. The van der Waals surface area contributed by atoms with Crippen LogP contribution in [0.4, 0.5) is 0 Å². The van der Waals surface area contributed by atoms with E-state index < -0.39 is 0 Å². The summed E-state index contributed by atoms with van der Waals surface area (Å²) < 4.78 is 15.7. The molecule has 0 aliphatic heterocycles. The smallest absolute Gasteiger partial charge is 0.258 e. The van der Waals surface area contributed by atoms with Crippen LogP contribution < -0.4 is 19.5 Å². The number of benzene rings is 2. The zero-order valence-corrected chi connectivity index (χ0v) is 14.5. The molecule has 0 aromatic heterocycles. The Morgan fingerprint density at radius 1 is 1.00 bits per heavy atom. The second kappa shape index (κ2) is 8.73. The molecule has 2 aromatic carbocycles. The summed E-state index contributed by atoms with van der Waals surface area (Å²) in [5.74, 6) is 1.19. The van der Waals surface area contributed by atoms with Crippen molar-refractivity contribution in [1.29, 1.82) is 0 Å². The van der Waals surface area contributed by atoms with Gasteiger partial charge < -0.3 is 19.5 Å². The first kappa shape index (κ1) is 18.3. The zero-order valence-electron chi connectivity index (χ0n) is 14.5. The van der Waals surface area contributed by atoms with Gasteiger partial charge in [0.05, 0.1) is 19.8 Å². The molecule has 2 rings (SSSR count). The maximum Gasteiger partial charge on any atom is 0.258 e. The molecule has 6 heteroatoms. The lowest BCUT2D eigenvalue weighted by atomic mass is 10.1. The fourth-order valence-electron chi connectivity index (χ4n) is 2.21. The highest BCUT2D eigenvalue weighted by molar-refractivity contribution is 5.97. The number of methoxy groups -OCH3 is 2. The first-order valence-corrected chi connectivity index (χ1v) is 7.75. The fraction of sp³-hybridized carbons (Fsp3) is 0.263. The summed E-state index contributed by atoms with van der Waals surface area (Å²) in [6.45, 7) is 1.61. The van der Waals surface area contributed by atoms with E-state index in [0.29, 0.717) is 23.6 Å². The Labute approximate surface area is 146 Å². The van der Waals surface area contributed by atoms with Gasteiger partial charge in [0, 0.05) is 6.54 Å². The maximum absolute atomic E-state index is 12.0. The third-order valence-corrected chi connectivity index (χ3v) is 3.55. The van der Waals surface area contributed by atoms with Gasteiger partial charge >= 0.3 is 0 Å². The molecule has 0 heterocycles. The van der Waals surface area contributed by atoms with Crippen molar-refractivity contribution in [3.05, 3.63) is 53.6 Å². The van der Waals surface area contributed by atoms with Gasteiger partial charge in [0.2, 0.25) is 0 Å². The van der Waals surface area contributed by atoms with Crippen molar-refractivity contribution in [3.63, 3.8) is 0 Å². The van der Waals surface area contributed by atoms with Gasteiger partial charge in [-0.15, -0.1) is 0 Å². The van der Waals surface area contributed by atoms with Crippen LogP contribution in [0.3, 0.4) is 0 Å². The molecule has 0 unspecified atom stereocenters. The summed E-state index contributed by atoms with van der Waals surface area (Å²) >= 11 is 0. The highest BCUT2D eigenvalue weighted by Crippen LogP contribution is 2.24. The molecule has 0 aliphatic carbocycles. The molecule has 1 amide bonds. The van der Waals surface area contributed by atoms with Crippen LogP contribution in [-0.4, -0.2) is 32.5 Å². The molecular weight excluding hydrogens is 322 g/mol. The Bertz CT molecular complexity index is 757. The van der Waals surface area contributed by atoms with Crippen LogP contribution in [0.25, 0.3) is 0 Å². The lowest BCUT2D eigenvalue weighted by Gasteiger charge is -2.11. The first-order valence-electron chi connectivity index (χ1n) is 7.75. The quantitative estimate of drug-likeness (QED) is 0.746. The molecular formula is C19H21NO5. The Morgan fingerprint density at radius 3 is 2.40 bits per heavy atom. The van der Waals surface area contributed by atoms with E-state index >= 15 is 0 Å². The van der Waals surface area contributed by atoms with Gasteiger partial charge in [-0.3, -0.25) is 9.59 Å². The van der Waals surface area contributed by atoms with Crippen molar-refractivity contribution in [1.82, 2.24) is 5.32 Å². The van der Waals surface area contributed by atoms with E-state index in [1.54, 1.807) is 25.3 Å². The van der Waals surface area contributed by atoms with Gasteiger partial charge in [-0.2, -0.15) is 0 Å². The summed E-state index contributed by atoms with van der Waals surface area (Å²) in [5.41, 5.74) is 1.29. The van der Waals surface area contributed by atoms with Gasteiger partial charge in [0.1, 0.15) is 17.2 Å². The van der Waals surface area contributed by atoms with Crippen LogP contribution in [0.15, 0.2) is 42.5 Å². The van der Waals surface area contributed by atoms with E-state index in [2.05, 4.69) is 5.32 Å². The molecule has 0 saturated carbocycles. The minimum Gasteiger partial charge on any atom is -0.497 e. The van der Waals surface area contributed by atoms with Crippen molar-refractivity contribution in [3.8, 4) is 17.2 Å². The average molecular weight is 343 g/mol. The number of hydrogen-bond acceptors (Lipinski definition) is 5. The van der Waals surface area contributed by atoms with Gasteiger partial charge in [0.15, 0.2) is 12.4 Å². The maximum atomic E-state index is 12.0. The Kier molecular flexibility index (Phi) is 6.39. The molecule has 0 bridgehead atoms. The predicted molar refractivity (Wildman–Crippen MR) is 93.3 cm³/mol. The van der Waals surface area contributed by atoms with E-state index in [1.165, 1.54) is 14.0 Å². The van der Waals surface area contributed by atoms with Crippen LogP contribution in [0.1, 0.15) is 22.8 Å². The van der Waals surface area contributed by atoms with Crippen LogP contribution in [0.2, 0.25) is 0 Å². The number of Topliss-reactive ketones (excluding diaryl/α,β-unsaturated/α-hetero) is 1. The molecule has 0 aliphatic rings. The largest absolute Gasteiger partial charge is 0.497 e. The molecule has 2 aromatic rings. The second-order valence-corrected chi connectivity index (χ2v) is 5.34. The zero-order chi connectivity index (χ0) is 18.2. The number of hydrogen-bond donors (Lipinski definition) is 1. The van der Waals surface area contributed by atoms with Crippen molar-refractivity contribution in [2.75, 3.05) is 20.8 Å². The molecule has 0 radical (unpaired) electrons. The Balaban J connectivity index is 1.92. The molecule has 0 saturated heterocycles. The van der Waals surface area contributed by atoms with E-state index in [-0.39, 0.29) is 18.3 Å². The highest BCUT2D eigenvalue weighted by atomic mass is 16.5. The number of rotatable bonds is 8.